The van der Waals surface area contributed by atoms with E-state index in [0.29, 0.717) is 17.3 Å². The van der Waals surface area contributed by atoms with Gasteiger partial charge in [-0.3, -0.25) is 9.59 Å². The number of urea groups is 1. The van der Waals surface area contributed by atoms with E-state index in [-0.39, 0.29) is 25.3 Å². The molecule has 30 heavy (non-hydrogen) atoms. The minimum atomic E-state index is -1.22. The fraction of sp³-hybridized carbons (Fsp3) is 0.474. The largest absolute Gasteiger partial charge is 0.480 e. The molecule has 0 fully saturated rings. The number of amides is 3. The number of carbonyl (C=O) groups excluding carboxylic acids is 2. The normalized spacial score (nSPS) is 13.0. The average Bonchev–Trinajstić information content (AvgIpc) is 2.68. The minimum absolute atomic E-state index is 0.0314. The summed E-state index contributed by atoms with van der Waals surface area (Å²) >= 11 is 0. The van der Waals surface area contributed by atoms with Crippen LogP contribution in [0.3, 0.4) is 0 Å². The third-order valence-electron chi connectivity index (χ3n) is 4.47. The number of hydrogen-bond donors (Lipinski definition) is 4. The van der Waals surface area contributed by atoms with Gasteiger partial charge in [0.05, 0.1) is 5.39 Å². The van der Waals surface area contributed by atoms with E-state index in [1.165, 1.54) is 0 Å². The van der Waals surface area contributed by atoms with Crippen LogP contribution in [0, 0.1) is 5.92 Å². The van der Waals surface area contributed by atoms with E-state index < -0.39 is 35.6 Å². The van der Waals surface area contributed by atoms with Gasteiger partial charge in [-0.15, -0.1) is 5.10 Å². The van der Waals surface area contributed by atoms with Crippen LogP contribution in [0.15, 0.2) is 29.1 Å². The van der Waals surface area contributed by atoms with Gasteiger partial charge in [-0.1, -0.05) is 31.2 Å². The van der Waals surface area contributed by atoms with Crippen LogP contribution in [0.5, 0.6) is 0 Å². The highest BCUT2D eigenvalue weighted by molar-refractivity contribution is 5.86. The number of aliphatic carboxylic acids is 1. The molecule has 0 aliphatic rings. The maximum Gasteiger partial charge on any atom is 0.326 e. The number of aromatic nitrogens is 3. The molecule has 0 saturated heterocycles. The van der Waals surface area contributed by atoms with Crippen molar-refractivity contribution in [1.82, 2.24) is 25.6 Å². The monoisotopic (exact) mass is 418 g/mol. The van der Waals surface area contributed by atoms with Crippen molar-refractivity contribution in [3.05, 3.63) is 34.6 Å². The SMILES string of the molecule is CC(C)CC(C(=O)NC(CCCNC(N)=O)C(=O)O)n1nnc2ccccc2c1=O. The standard InChI is InChI=1S/C19H26N6O5/c1-11(2)10-15(25-17(27)12-6-3-4-7-13(12)23-24-25)16(26)22-14(18(28)29)8-5-9-21-19(20)30/h3-4,6-7,11,14-15H,5,8-10H2,1-2H3,(H,22,26)(H,28,29)(H3,20,21,30). The van der Waals surface area contributed by atoms with Gasteiger partial charge in [0, 0.05) is 6.54 Å². The molecule has 2 rings (SSSR count). The Morgan fingerprint density at radius 3 is 2.57 bits per heavy atom. The Kier molecular flexibility index (Phi) is 7.84. The Balaban J connectivity index is 2.24. The Morgan fingerprint density at radius 1 is 1.23 bits per heavy atom. The number of nitrogens with one attached hydrogen (secondary N) is 2. The first kappa shape index (κ1) is 22.8. The zero-order valence-electron chi connectivity index (χ0n) is 16.9. The van der Waals surface area contributed by atoms with Crippen molar-refractivity contribution < 1.29 is 19.5 Å². The van der Waals surface area contributed by atoms with Crippen LogP contribution in [0.1, 0.15) is 39.2 Å². The third kappa shape index (κ3) is 6.00. The van der Waals surface area contributed by atoms with Crippen LogP contribution in [0.2, 0.25) is 0 Å². The molecule has 5 N–H and O–H groups in total. The lowest BCUT2D eigenvalue weighted by Gasteiger charge is -2.22. The Hall–Kier alpha value is -3.50. The van der Waals surface area contributed by atoms with Crippen molar-refractivity contribution in [2.75, 3.05) is 6.54 Å². The van der Waals surface area contributed by atoms with Crippen molar-refractivity contribution in [3.8, 4) is 0 Å². The second kappa shape index (κ2) is 10.3. The molecule has 11 nitrogen and oxygen atoms in total. The summed E-state index contributed by atoms with van der Waals surface area (Å²) in [7, 11) is 0. The van der Waals surface area contributed by atoms with Crippen LogP contribution in [-0.2, 0) is 9.59 Å². The zero-order valence-corrected chi connectivity index (χ0v) is 16.9. The minimum Gasteiger partial charge on any atom is -0.480 e. The molecule has 2 aromatic rings. The molecule has 2 atom stereocenters. The van der Waals surface area contributed by atoms with Gasteiger partial charge >= 0.3 is 12.0 Å². The highest BCUT2D eigenvalue weighted by Crippen LogP contribution is 2.17. The lowest BCUT2D eigenvalue weighted by molar-refractivity contribution is -0.142. The number of nitrogens with zero attached hydrogens (tertiary/aromatic N) is 3. The molecule has 0 bridgehead atoms. The van der Waals surface area contributed by atoms with Gasteiger partial charge in [0.1, 0.15) is 17.6 Å². The summed E-state index contributed by atoms with van der Waals surface area (Å²) in [6.45, 7) is 3.94. The summed E-state index contributed by atoms with van der Waals surface area (Å²) in [6.07, 6.45) is 0.646. The molecule has 1 aromatic carbocycles. The van der Waals surface area contributed by atoms with Gasteiger partial charge < -0.3 is 21.5 Å². The van der Waals surface area contributed by atoms with Gasteiger partial charge in [0.2, 0.25) is 5.91 Å². The number of carboxylic acids is 1. The molecule has 2 unspecified atom stereocenters. The number of benzene rings is 1. The maximum atomic E-state index is 12.9. The van der Waals surface area contributed by atoms with Gasteiger partial charge in [-0.2, -0.15) is 4.68 Å². The molecule has 0 saturated carbocycles. The van der Waals surface area contributed by atoms with Crippen LogP contribution in [0.25, 0.3) is 10.9 Å². The van der Waals surface area contributed by atoms with E-state index in [2.05, 4.69) is 20.9 Å². The number of carbonyl (C=O) groups is 3. The quantitative estimate of drug-likeness (QED) is 0.405. The second-order valence-corrected chi connectivity index (χ2v) is 7.33. The third-order valence-corrected chi connectivity index (χ3v) is 4.47. The molecule has 0 radical (unpaired) electrons. The molecule has 0 spiro atoms. The Morgan fingerprint density at radius 2 is 1.93 bits per heavy atom. The van der Waals surface area contributed by atoms with Gasteiger partial charge in [0.15, 0.2) is 0 Å². The molecule has 162 valence electrons. The van der Waals surface area contributed by atoms with Crippen LogP contribution >= 0.6 is 0 Å². The van der Waals surface area contributed by atoms with E-state index >= 15 is 0 Å². The molecule has 1 heterocycles. The average molecular weight is 418 g/mol. The first-order valence-corrected chi connectivity index (χ1v) is 9.61. The Labute approximate surface area is 172 Å². The lowest BCUT2D eigenvalue weighted by Crippen LogP contribution is -2.47. The summed E-state index contributed by atoms with van der Waals surface area (Å²) in [5.41, 5.74) is 4.91. The second-order valence-electron chi connectivity index (χ2n) is 7.33. The summed E-state index contributed by atoms with van der Waals surface area (Å²) in [5, 5.41) is 22.5. The number of fused-ring (bicyclic) bond motifs is 1. The van der Waals surface area contributed by atoms with E-state index in [0.717, 1.165) is 4.68 Å². The van der Waals surface area contributed by atoms with Crippen molar-refractivity contribution in [1.29, 1.82) is 0 Å². The predicted octanol–water partition coefficient (Wildman–Crippen LogP) is 0.397. The summed E-state index contributed by atoms with van der Waals surface area (Å²) in [4.78, 5) is 48.1. The predicted molar refractivity (Wildman–Crippen MR) is 109 cm³/mol. The van der Waals surface area contributed by atoms with Crippen molar-refractivity contribution in [2.24, 2.45) is 11.7 Å². The van der Waals surface area contributed by atoms with Gasteiger partial charge in [0.25, 0.3) is 5.56 Å². The Bertz CT molecular complexity index is 973. The van der Waals surface area contributed by atoms with Crippen LogP contribution in [0.4, 0.5) is 4.79 Å². The first-order valence-electron chi connectivity index (χ1n) is 9.61. The van der Waals surface area contributed by atoms with Crippen LogP contribution < -0.4 is 21.9 Å². The molecular formula is C19H26N6O5. The van der Waals surface area contributed by atoms with Crippen molar-refractivity contribution >= 4 is 28.8 Å². The fourth-order valence-electron chi connectivity index (χ4n) is 3.01. The molecule has 0 aliphatic heterocycles. The molecule has 3 amide bonds. The van der Waals surface area contributed by atoms with Gasteiger partial charge in [-0.25, -0.2) is 9.59 Å². The van der Waals surface area contributed by atoms with E-state index in [9.17, 15) is 24.3 Å². The van der Waals surface area contributed by atoms with Gasteiger partial charge in [-0.05, 0) is 37.3 Å². The van der Waals surface area contributed by atoms with Crippen LogP contribution in [-0.4, -0.2) is 50.6 Å². The van der Waals surface area contributed by atoms with E-state index in [4.69, 9.17) is 5.73 Å². The maximum absolute atomic E-state index is 12.9. The number of hydrogen-bond acceptors (Lipinski definition) is 6. The van der Waals surface area contributed by atoms with E-state index in [1.807, 2.05) is 13.8 Å². The zero-order chi connectivity index (χ0) is 22.3. The highest BCUT2D eigenvalue weighted by atomic mass is 16.4. The number of rotatable bonds is 10. The summed E-state index contributed by atoms with van der Waals surface area (Å²) in [6, 6.07) is 3.74. The summed E-state index contributed by atoms with van der Waals surface area (Å²) < 4.78 is 1.01. The van der Waals surface area contributed by atoms with E-state index in [1.54, 1.807) is 24.3 Å². The summed E-state index contributed by atoms with van der Waals surface area (Å²) in [5.74, 6) is -1.82. The lowest BCUT2D eigenvalue weighted by atomic mass is 10.0. The highest BCUT2D eigenvalue weighted by Gasteiger charge is 2.29. The number of carboxylic acid groups (broad SMARTS) is 1. The molecule has 0 aliphatic carbocycles. The molecule has 11 heteroatoms. The number of primary amides is 1. The topological polar surface area (TPSA) is 169 Å². The fourth-order valence-corrected chi connectivity index (χ4v) is 3.01. The first-order chi connectivity index (χ1) is 14.2. The van der Waals surface area contributed by atoms with Crippen molar-refractivity contribution in [3.63, 3.8) is 0 Å². The molecule has 1 aromatic heterocycles. The van der Waals surface area contributed by atoms with Crippen molar-refractivity contribution in [2.45, 2.75) is 45.2 Å². The number of nitrogens with two attached hydrogens (primary N) is 1. The smallest absolute Gasteiger partial charge is 0.326 e. The molecular weight excluding hydrogens is 392 g/mol.